The second kappa shape index (κ2) is 12.9. The summed E-state index contributed by atoms with van der Waals surface area (Å²) in [7, 11) is 0. The minimum atomic E-state index is -0.886. The molecule has 1 amide bonds. The Morgan fingerprint density at radius 2 is 1.79 bits per heavy atom. The Hall–Kier alpha value is -2.03. The van der Waals surface area contributed by atoms with Gasteiger partial charge in [-0.25, -0.2) is 0 Å². The smallest absolute Gasteiger partial charge is 0.225 e. The molecular weight excluding hydrogens is 525 g/mol. The SMILES string of the molecule is O=C(NC(CN1CCCC1)C(O)c1ccc(OC2CCOCC2)c(Cl)c1)C1CCN(c2ccc(Cl)cc2)C1. The molecule has 0 aromatic heterocycles. The van der Waals surface area contributed by atoms with Crippen molar-refractivity contribution in [2.24, 2.45) is 5.92 Å². The summed E-state index contributed by atoms with van der Waals surface area (Å²) in [6.07, 6.45) is 3.91. The molecule has 7 nitrogen and oxygen atoms in total. The Kier molecular flexibility index (Phi) is 9.33. The first-order chi connectivity index (χ1) is 18.5. The molecule has 2 aromatic rings. The maximum Gasteiger partial charge on any atom is 0.225 e. The summed E-state index contributed by atoms with van der Waals surface area (Å²) in [5, 5.41) is 15.8. The zero-order valence-electron chi connectivity index (χ0n) is 21.7. The third-order valence-corrected chi connectivity index (χ3v) is 8.42. The van der Waals surface area contributed by atoms with Gasteiger partial charge in [0.15, 0.2) is 0 Å². The monoisotopic (exact) mass is 561 g/mol. The van der Waals surface area contributed by atoms with Crippen molar-refractivity contribution >= 4 is 34.8 Å². The van der Waals surface area contributed by atoms with Crippen molar-refractivity contribution in [1.82, 2.24) is 10.2 Å². The highest BCUT2D eigenvalue weighted by Gasteiger charge is 2.33. The molecule has 206 valence electrons. The van der Waals surface area contributed by atoms with Gasteiger partial charge in [0.1, 0.15) is 18.0 Å². The molecule has 3 aliphatic heterocycles. The lowest BCUT2D eigenvalue weighted by Crippen LogP contribution is -2.48. The number of benzene rings is 2. The average molecular weight is 563 g/mol. The summed E-state index contributed by atoms with van der Waals surface area (Å²) in [6.45, 7) is 5.38. The summed E-state index contributed by atoms with van der Waals surface area (Å²) in [6, 6.07) is 12.7. The van der Waals surface area contributed by atoms with Crippen molar-refractivity contribution in [2.45, 2.75) is 50.4 Å². The second-order valence-corrected chi connectivity index (χ2v) is 11.4. The second-order valence-electron chi connectivity index (χ2n) is 10.6. The zero-order valence-corrected chi connectivity index (χ0v) is 23.2. The predicted octanol–water partition coefficient (Wildman–Crippen LogP) is 4.69. The number of rotatable bonds is 9. The summed E-state index contributed by atoms with van der Waals surface area (Å²) in [4.78, 5) is 17.9. The van der Waals surface area contributed by atoms with Crippen molar-refractivity contribution in [3.8, 4) is 5.75 Å². The van der Waals surface area contributed by atoms with Gasteiger partial charge in [-0.05, 0) is 74.3 Å². The standard InChI is InChI=1S/C29H37Cl2N3O4/c30-22-4-6-23(7-5-22)34-14-9-21(18-34)29(36)32-26(19-33-12-1-2-13-33)28(35)20-3-8-27(25(31)17-20)38-24-10-15-37-16-11-24/h3-8,17,21,24,26,28,35H,1-2,9-16,18-19H2,(H,32,36). The van der Waals surface area contributed by atoms with Crippen LogP contribution in [0.1, 0.15) is 43.8 Å². The number of anilines is 1. The fourth-order valence-corrected chi connectivity index (χ4v) is 5.99. The van der Waals surface area contributed by atoms with Gasteiger partial charge in [-0.3, -0.25) is 4.79 Å². The Balaban J connectivity index is 1.25. The summed E-state index contributed by atoms with van der Waals surface area (Å²) < 4.78 is 11.5. The van der Waals surface area contributed by atoms with E-state index in [0.29, 0.717) is 47.7 Å². The lowest BCUT2D eigenvalue weighted by Gasteiger charge is -2.30. The molecule has 9 heteroatoms. The quantitative estimate of drug-likeness (QED) is 0.462. The summed E-state index contributed by atoms with van der Waals surface area (Å²) in [5.41, 5.74) is 1.74. The third-order valence-electron chi connectivity index (χ3n) is 7.87. The molecule has 3 atom stereocenters. The maximum atomic E-state index is 13.4. The number of aliphatic hydroxyl groups is 1. The van der Waals surface area contributed by atoms with Gasteiger partial charge >= 0.3 is 0 Å². The van der Waals surface area contributed by atoms with Gasteiger partial charge in [-0.15, -0.1) is 0 Å². The van der Waals surface area contributed by atoms with Crippen LogP contribution in [0, 0.1) is 5.92 Å². The van der Waals surface area contributed by atoms with E-state index < -0.39 is 12.1 Å². The molecule has 2 aromatic carbocycles. The Morgan fingerprint density at radius 3 is 2.50 bits per heavy atom. The molecule has 0 saturated carbocycles. The average Bonchev–Trinajstić information content (AvgIpc) is 3.63. The number of hydrogen-bond acceptors (Lipinski definition) is 6. The van der Waals surface area contributed by atoms with E-state index in [1.807, 2.05) is 36.4 Å². The summed E-state index contributed by atoms with van der Waals surface area (Å²) in [5.74, 6) is 0.455. The topological polar surface area (TPSA) is 74.3 Å². The first-order valence-electron chi connectivity index (χ1n) is 13.7. The van der Waals surface area contributed by atoms with Gasteiger partial charge in [0, 0.05) is 43.2 Å². The van der Waals surface area contributed by atoms with E-state index in [4.69, 9.17) is 32.7 Å². The van der Waals surface area contributed by atoms with Crippen LogP contribution in [0.5, 0.6) is 5.75 Å². The van der Waals surface area contributed by atoms with Gasteiger partial charge in [0.05, 0.1) is 30.2 Å². The van der Waals surface area contributed by atoms with Crippen LogP contribution in [0.3, 0.4) is 0 Å². The van der Waals surface area contributed by atoms with Crippen LogP contribution in [0.25, 0.3) is 0 Å². The predicted molar refractivity (Wildman–Crippen MR) is 150 cm³/mol. The molecule has 5 rings (SSSR count). The van der Waals surface area contributed by atoms with Crippen LogP contribution >= 0.6 is 23.2 Å². The van der Waals surface area contributed by atoms with E-state index >= 15 is 0 Å². The van der Waals surface area contributed by atoms with Crippen LogP contribution in [0.2, 0.25) is 10.0 Å². The molecule has 0 aliphatic carbocycles. The third kappa shape index (κ3) is 6.93. The molecule has 0 radical (unpaired) electrons. The Morgan fingerprint density at radius 1 is 1.05 bits per heavy atom. The molecule has 3 unspecified atom stereocenters. The first-order valence-corrected chi connectivity index (χ1v) is 14.5. The number of nitrogens with zero attached hydrogens (tertiary/aromatic N) is 2. The maximum absolute atomic E-state index is 13.4. The highest BCUT2D eigenvalue weighted by Crippen LogP contribution is 2.32. The fourth-order valence-electron chi connectivity index (χ4n) is 5.63. The minimum Gasteiger partial charge on any atom is -0.489 e. The molecule has 38 heavy (non-hydrogen) atoms. The number of nitrogens with one attached hydrogen (secondary N) is 1. The van der Waals surface area contributed by atoms with Crippen molar-refractivity contribution in [3.63, 3.8) is 0 Å². The van der Waals surface area contributed by atoms with E-state index in [9.17, 15) is 9.90 Å². The van der Waals surface area contributed by atoms with Gasteiger partial charge in [0.25, 0.3) is 0 Å². The molecule has 0 spiro atoms. The number of ether oxygens (including phenoxy) is 2. The number of aliphatic hydroxyl groups excluding tert-OH is 1. The molecule has 2 N–H and O–H groups in total. The van der Waals surface area contributed by atoms with Gasteiger partial charge in [-0.2, -0.15) is 0 Å². The highest BCUT2D eigenvalue weighted by molar-refractivity contribution is 6.32. The fraction of sp³-hybridized carbons (Fsp3) is 0.552. The highest BCUT2D eigenvalue weighted by atomic mass is 35.5. The van der Waals surface area contributed by atoms with E-state index in [-0.39, 0.29) is 17.9 Å². The van der Waals surface area contributed by atoms with Crippen molar-refractivity contribution in [1.29, 1.82) is 0 Å². The summed E-state index contributed by atoms with van der Waals surface area (Å²) >= 11 is 12.6. The van der Waals surface area contributed by atoms with E-state index in [0.717, 1.165) is 57.4 Å². The van der Waals surface area contributed by atoms with Crippen molar-refractivity contribution in [2.75, 3.05) is 50.8 Å². The van der Waals surface area contributed by atoms with Crippen LogP contribution in [-0.2, 0) is 9.53 Å². The lowest BCUT2D eigenvalue weighted by molar-refractivity contribution is -0.126. The number of likely N-dealkylation sites (tertiary alicyclic amines) is 1. The van der Waals surface area contributed by atoms with E-state index in [1.165, 1.54) is 0 Å². The normalized spacial score (nSPS) is 22.4. The van der Waals surface area contributed by atoms with Crippen LogP contribution in [0.15, 0.2) is 42.5 Å². The largest absolute Gasteiger partial charge is 0.489 e. The van der Waals surface area contributed by atoms with Crippen LogP contribution < -0.4 is 15.0 Å². The van der Waals surface area contributed by atoms with Crippen molar-refractivity contribution in [3.05, 3.63) is 58.1 Å². The molecular formula is C29H37Cl2N3O4. The Labute approximate surface area is 235 Å². The number of amides is 1. The number of hydrogen-bond donors (Lipinski definition) is 2. The molecule has 0 bridgehead atoms. The van der Waals surface area contributed by atoms with Gasteiger partial charge < -0.3 is 29.7 Å². The number of carbonyl (C=O) groups is 1. The van der Waals surface area contributed by atoms with Crippen LogP contribution in [0.4, 0.5) is 5.69 Å². The zero-order chi connectivity index (χ0) is 26.5. The van der Waals surface area contributed by atoms with E-state index in [1.54, 1.807) is 6.07 Å². The van der Waals surface area contributed by atoms with Gasteiger partial charge in [-0.1, -0.05) is 29.3 Å². The Bertz CT molecular complexity index is 1070. The van der Waals surface area contributed by atoms with Gasteiger partial charge in [0.2, 0.25) is 5.91 Å². The van der Waals surface area contributed by atoms with E-state index in [2.05, 4.69) is 15.1 Å². The molecule has 3 aliphatic rings. The van der Waals surface area contributed by atoms with Crippen molar-refractivity contribution < 1.29 is 19.4 Å². The first kappa shape index (κ1) is 27.5. The number of halogens is 2. The molecule has 3 heterocycles. The molecule has 3 saturated heterocycles. The number of carbonyl (C=O) groups excluding carboxylic acids is 1. The molecule has 3 fully saturated rings. The minimum absolute atomic E-state index is 0.0183. The lowest BCUT2D eigenvalue weighted by atomic mass is 9.99. The van der Waals surface area contributed by atoms with Crippen LogP contribution in [-0.4, -0.2) is 74.0 Å².